The van der Waals surface area contributed by atoms with Crippen LogP contribution in [0.4, 0.5) is 11.4 Å². The molecule has 0 fully saturated rings. The third-order valence-corrected chi connectivity index (χ3v) is 2.88. The molecule has 0 aromatic heterocycles. The standard InChI is InChI=1S/C14H22N4O2/c1-4-7-17-13(19)9-18(3)12-6-5-10(8-11(12)15)14(20)16-2/h5-6,8H,4,7,9,15H2,1-3H3,(H,16,20)(H,17,19). The van der Waals surface area contributed by atoms with E-state index in [4.69, 9.17) is 5.73 Å². The van der Waals surface area contributed by atoms with Crippen LogP contribution in [0.2, 0.25) is 0 Å². The summed E-state index contributed by atoms with van der Waals surface area (Å²) in [5.41, 5.74) is 7.63. The van der Waals surface area contributed by atoms with E-state index in [0.29, 0.717) is 17.8 Å². The predicted octanol–water partition coefficient (Wildman–Crippen LogP) is 0.591. The number of nitrogens with one attached hydrogen (secondary N) is 2. The Hall–Kier alpha value is -2.24. The Morgan fingerprint density at radius 2 is 2.05 bits per heavy atom. The van der Waals surface area contributed by atoms with Gasteiger partial charge in [-0.15, -0.1) is 0 Å². The van der Waals surface area contributed by atoms with Crippen molar-refractivity contribution in [2.24, 2.45) is 0 Å². The molecule has 1 rings (SSSR count). The number of hydrogen-bond donors (Lipinski definition) is 3. The molecule has 0 atom stereocenters. The minimum Gasteiger partial charge on any atom is -0.397 e. The van der Waals surface area contributed by atoms with Crippen LogP contribution in [0.5, 0.6) is 0 Å². The van der Waals surface area contributed by atoms with Gasteiger partial charge in [-0.2, -0.15) is 0 Å². The van der Waals surface area contributed by atoms with E-state index < -0.39 is 0 Å². The zero-order valence-electron chi connectivity index (χ0n) is 12.2. The van der Waals surface area contributed by atoms with Crippen LogP contribution in [-0.4, -0.2) is 39.0 Å². The van der Waals surface area contributed by atoms with Crippen molar-refractivity contribution in [1.82, 2.24) is 10.6 Å². The Bertz CT molecular complexity index is 488. The quantitative estimate of drug-likeness (QED) is 0.665. The van der Waals surface area contributed by atoms with Crippen molar-refractivity contribution < 1.29 is 9.59 Å². The second kappa shape index (κ2) is 7.37. The summed E-state index contributed by atoms with van der Waals surface area (Å²) in [7, 11) is 3.35. The highest BCUT2D eigenvalue weighted by Gasteiger charge is 2.12. The number of nitrogens with two attached hydrogens (primary N) is 1. The minimum atomic E-state index is -0.188. The van der Waals surface area contributed by atoms with Crippen LogP contribution in [0, 0.1) is 0 Å². The van der Waals surface area contributed by atoms with Crippen molar-refractivity contribution in [3.05, 3.63) is 23.8 Å². The molecule has 0 saturated heterocycles. The highest BCUT2D eigenvalue weighted by molar-refractivity contribution is 5.96. The lowest BCUT2D eigenvalue weighted by Gasteiger charge is -2.21. The summed E-state index contributed by atoms with van der Waals surface area (Å²) in [5, 5.41) is 5.35. The number of nitrogens with zero attached hydrogens (tertiary/aromatic N) is 1. The second-order valence-corrected chi connectivity index (χ2v) is 4.56. The molecule has 20 heavy (non-hydrogen) atoms. The monoisotopic (exact) mass is 278 g/mol. The Kier molecular flexibility index (Phi) is 5.83. The van der Waals surface area contributed by atoms with Crippen LogP contribution in [-0.2, 0) is 4.79 Å². The van der Waals surface area contributed by atoms with Gasteiger partial charge in [-0.25, -0.2) is 0 Å². The molecular formula is C14H22N4O2. The lowest BCUT2D eigenvalue weighted by molar-refractivity contribution is -0.119. The SMILES string of the molecule is CCCNC(=O)CN(C)c1ccc(C(=O)NC)cc1N. The van der Waals surface area contributed by atoms with Crippen LogP contribution in [0.3, 0.4) is 0 Å². The van der Waals surface area contributed by atoms with E-state index in [-0.39, 0.29) is 18.4 Å². The van der Waals surface area contributed by atoms with Gasteiger partial charge in [0.15, 0.2) is 0 Å². The molecule has 110 valence electrons. The van der Waals surface area contributed by atoms with Crippen molar-refractivity contribution in [1.29, 1.82) is 0 Å². The number of likely N-dealkylation sites (N-methyl/N-ethyl adjacent to an activating group) is 1. The summed E-state index contributed by atoms with van der Waals surface area (Å²) < 4.78 is 0. The average Bonchev–Trinajstić information content (AvgIpc) is 2.43. The van der Waals surface area contributed by atoms with Gasteiger partial charge in [0.2, 0.25) is 5.91 Å². The molecule has 0 aliphatic rings. The van der Waals surface area contributed by atoms with E-state index in [1.54, 1.807) is 37.2 Å². The molecule has 0 radical (unpaired) electrons. The first kappa shape index (κ1) is 15.8. The molecule has 0 unspecified atom stereocenters. The fourth-order valence-corrected chi connectivity index (χ4v) is 1.81. The molecule has 0 bridgehead atoms. The van der Waals surface area contributed by atoms with Gasteiger partial charge < -0.3 is 21.3 Å². The molecular weight excluding hydrogens is 256 g/mol. The molecule has 0 aliphatic carbocycles. The molecule has 1 aromatic rings. The van der Waals surface area contributed by atoms with Crippen molar-refractivity contribution in [3.8, 4) is 0 Å². The van der Waals surface area contributed by atoms with Gasteiger partial charge in [0.1, 0.15) is 0 Å². The molecule has 1 aromatic carbocycles. The number of carbonyl (C=O) groups is 2. The van der Waals surface area contributed by atoms with Crippen LogP contribution in [0.1, 0.15) is 23.7 Å². The van der Waals surface area contributed by atoms with Crippen LogP contribution in [0.15, 0.2) is 18.2 Å². The fraction of sp³-hybridized carbons (Fsp3) is 0.429. The highest BCUT2D eigenvalue weighted by Crippen LogP contribution is 2.23. The van der Waals surface area contributed by atoms with E-state index in [0.717, 1.165) is 12.1 Å². The summed E-state index contributed by atoms with van der Waals surface area (Å²) >= 11 is 0. The lowest BCUT2D eigenvalue weighted by atomic mass is 10.1. The number of nitrogen functional groups attached to an aromatic ring is 1. The van der Waals surface area contributed by atoms with Crippen LogP contribution in [0.25, 0.3) is 0 Å². The zero-order valence-corrected chi connectivity index (χ0v) is 12.2. The molecule has 6 heteroatoms. The van der Waals surface area contributed by atoms with Crippen LogP contribution >= 0.6 is 0 Å². The minimum absolute atomic E-state index is 0.0517. The summed E-state index contributed by atoms with van der Waals surface area (Å²) in [6.45, 7) is 2.89. The molecule has 2 amide bonds. The third kappa shape index (κ3) is 4.15. The van der Waals surface area contributed by atoms with E-state index in [2.05, 4.69) is 10.6 Å². The number of rotatable bonds is 6. The smallest absolute Gasteiger partial charge is 0.251 e. The van der Waals surface area contributed by atoms with Gasteiger partial charge in [-0.3, -0.25) is 9.59 Å². The number of carbonyl (C=O) groups excluding carboxylic acids is 2. The molecule has 0 heterocycles. The first-order chi connectivity index (χ1) is 9.49. The highest BCUT2D eigenvalue weighted by atomic mass is 16.2. The van der Waals surface area contributed by atoms with Crippen molar-refractivity contribution >= 4 is 23.2 Å². The van der Waals surface area contributed by atoms with Gasteiger partial charge >= 0.3 is 0 Å². The average molecular weight is 278 g/mol. The Morgan fingerprint density at radius 3 is 2.60 bits per heavy atom. The van der Waals surface area contributed by atoms with Gasteiger partial charge in [0.25, 0.3) is 5.91 Å². The van der Waals surface area contributed by atoms with E-state index in [1.165, 1.54) is 0 Å². The second-order valence-electron chi connectivity index (χ2n) is 4.56. The maximum absolute atomic E-state index is 11.7. The van der Waals surface area contributed by atoms with Gasteiger partial charge in [0, 0.05) is 26.2 Å². The largest absolute Gasteiger partial charge is 0.397 e. The van der Waals surface area contributed by atoms with Gasteiger partial charge in [0.05, 0.1) is 17.9 Å². The van der Waals surface area contributed by atoms with Crippen molar-refractivity contribution in [3.63, 3.8) is 0 Å². The topological polar surface area (TPSA) is 87.5 Å². The Morgan fingerprint density at radius 1 is 1.35 bits per heavy atom. The maximum atomic E-state index is 11.7. The third-order valence-electron chi connectivity index (χ3n) is 2.88. The first-order valence-corrected chi connectivity index (χ1v) is 6.59. The Labute approximate surface area is 119 Å². The van der Waals surface area contributed by atoms with Crippen molar-refractivity contribution in [2.45, 2.75) is 13.3 Å². The van der Waals surface area contributed by atoms with E-state index in [1.807, 2.05) is 6.92 Å². The molecule has 0 aliphatic heterocycles. The summed E-state index contributed by atoms with van der Waals surface area (Å²) in [5.74, 6) is -0.240. The fourth-order valence-electron chi connectivity index (χ4n) is 1.81. The number of hydrogen-bond acceptors (Lipinski definition) is 4. The zero-order chi connectivity index (χ0) is 15.1. The lowest BCUT2D eigenvalue weighted by Crippen LogP contribution is -2.35. The van der Waals surface area contributed by atoms with Gasteiger partial charge in [-0.05, 0) is 24.6 Å². The predicted molar refractivity (Wildman–Crippen MR) is 80.8 cm³/mol. The number of benzene rings is 1. The number of amides is 2. The van der Waals surface area contributed by atoms with Crippen LogP contribution < -0.4 is 21.3 Å². The number of anilines is 2. The van der Waals surface area contributed by atoms with Crippen molar-refractivity contribution in [2.75, 3.05) is 37.8 Å². The molecule has 0 spiro atoms. The summed E-state index contributed by atoms with van der Waals surface area (Å²) in [6.07, 6.45) is 0.901. The van der Waals surface area contributed by atoms with E-state index in [9.17, 15) is 9.59 Å². The van der Waals surface area contributed by atoms with Gasteiger partial charge in [-0.1, -0.05) is 6.92 Å². The Balaban J connectivity index is 2.76. The van der Waals surface area contributed by atoms with E-state index >= 15 is 0 Å². The molecule has 4 N–H and O–H groups in total. The molecule has 0 saturated carbocycles. The molecule has 6 nitrogen and oxygen atoms in total. The maximum Gasteiger partial charge on any atom is 0.251 e. The normalized spacial score (nSPS) is 9.95. The summed E-state index contributed by atoms with van der Waals surface area (Å²) in [6, 6.07) is 5.03. The first-order valence-electron chi connectivity index (χ1n) is 6.59. The summed E-state index contributed by atoms with van der Waals surface area (Å²) in [4.78, 5) is 24.9.